The molecule has 88 valence electrons. The molecular formula is C9H15N5O2. The van der Waals surface area contributed by atoms with Crippen LogP contribution in [0.3, 0.4) is 0 Å². The van der Waals surface area contributed by atoms with Crippen LogP contribution in [0.4, 0.5) is 11.5 Å². The smallest absolute Gasteiger partial charge is 0.242 e. The van der Waals surface area contributed by atoms with Crippen LogP contribution in [0, 0.1) is 0 Å². The number of primary amides is 1. The first-order chi connectivity index (χ1) is 7.38. The molecule has 0 saturated heterocycles. The number of amides is 1. The molecule has 7 nitrogen and oxygen atoms in total. The van der Waals surface area contributed by atoms with Crippen LogP contribution in [-0.2, 0) is 4.79 Å². The summed E-state index contributed by atoms with van der Waals surface area (Å²) in [7, 11) is 1.45. The number of nitrogens with two attached hydrogens (primary N) is 2. The minimum atomic E-state index is -0.951. The van der Waals surface area contributed by atoms with E-state index in [0.29, 0.717) is 5.82 Å². The summed E-state index contributed by atoms with van der Waals surface area (Å²) in [5, 5.41) is 2.83. The second-order valence-corrected chi connectivity index (χ2v) is 3.76. The topological polar surface area (TPSA) is 116 Å². The molecule has 0 aliphatic carbocycles. The largest absolute Gasteiger partial charge is 0.479 e. The van der Waals surface area contributed by atoms with Crippen molar-refractivity contribution in [1.82, 2.24) is 9.97 Å². The molecule has 1 aromatic heterocycles. The van der Waals surface area contributed by atoms with Gasteiger partial charge in [0.15, 0.2) is 5.82 Å². The Morgan fingerprint density at radius 2 is 2.12 bits per heavy atom. The molecule has 0 aliphatic heterocycles. The Balaban J connectivity index is 3.02. The van der Waals surface area contributed by atoms with Crippen molar-refractivity contribution in [2.45, 2.75) is 19.4 Å². The number of anilines is 2. The van der Waals surface area contributed by atoms with Crippen LogP contribution in [0.25, 0.3) is 0 Å². The molecule has 16 heavy (non-hydrogen) atoms. The highest BCUT2D eigenvalue weighted by atomic mass is 16.5. The van der Waals surface area contributed by atoms with E-state index in [1.54, 1.807) is 13.8 Å². The predicted molar refractivity (Wildman–Crippen MR) is 59.9 cm³/mol. The first kappa shape index (κ1) is 12.0. The van der Waals surface area contributed by atoms with Crippen LogP contribution in [0.5, 0.6) is 5.88 Å². The van der Waals surface area contributed by atoms with Gasteiger partial charge in [-0.2, -0.15) is 4.98 Å². The van der Waals surface area contributed by atoms with Crippen LogP contribution in [-0.4, -0.2) is 28.5 Å². The zero-order valence-corrected chi connectivity index (χ0v) is 9.44. The number of hydrogen-bond donors (Lipinski definition) is 3. The van der Waals surface area contributed by atoms with Gasteiger partial charge in [0.05, 0.1) is 7.11 Å². The number of aromatic nitrogens is 2. The minimum Gasteiger partial charge on any atom is -0.479 e. The van der Waals surface area contributed by atoms with E-state index in [0.717, 1.165) is 0 Å². The van der Waals surface area contributed by atoms with Gasteiger partial charge in [-0.05, 0) is 13.8 Å². The number of nitrogens with zero attached hydrogens (tertiary/aromatic N) is 2. The van der Waals surface area contributed by atoms with E-state index < -0.39 is 11.4 Å². The fraction of sp³-hybridized carbons (Fsp3) is 0.444. The fourth-order valence-corrected chi connectivity index (χ4v) is 0.999. The number of nitrogens with one attached hydrogen (secondary N) is 1. The quantitative estimate of drug-likeness (QED) is 0.650. The predicted octanol–water partition coefficient (Wildman–Crippen LogP) is -0.257. The molecule has 0 spiro atoms. The number of hydrogen-bond acceptors (Lipinski definition) is 6. The number of carbonyl (C=O) groups is 1. The maximum Gasteiger partial charge on any atom is 0.242 e. The van der Waals surface area contributed by atoms with E-state index in [2.05, 4.69) is 15.3 Å². The van der Waals surface area contributed by atoms with Crippen LogP contribution in [0.15, 0.2) is 6.33 Å². The van der Waals surface area contributed by atoms with E-state index in [9.17, 15) is 4.79 Å². The van der Waals surface area contributed by atoms with Crippen molar-refractivity contribution in [3.63, 3.8) is 0 Å². The third kappa shape index (κ3) is 2.30. The van der Waals surface area contributed by atoms with Crippen molar-refractivity contribution in [1.29, 1.82) is 0 Å². The van der Waals surface area contributed by atoms with Gasteiger partial charge in [-0.1, -0.05) is 0 Å². The lowest BCUT2D eigenvalue weighted by atomic mass is 10.1. The monoisotopic (exact) mass is 225 g/mol. The standard InChI is InChI=1S/C9H15N5O2/c1-9(2,8(11)15)14-6-5(10)7(16-3)13-4-12-6/h4H,10H2,1-3H3,(H2,11,15)(H,12,13,14). The fourth-order valence-electron chi connectivity index (χ4n) is 0.999. The highest BCUT2D eigenvalue weighted by Gasteiger charge is 2.26. The average molecular weight is 225 g/mol. The van der Waals surface area contributed by atoms with E-state index in [1.165, 1.54) is 13.4 Å². The molecule has 5 N–H and O–H groups in total. The molecule has 7 heteroatoms. The lowest BCUT2D eigenvalue weighted by Crippen LogP contribution is -2.45. The summed E-state index contributed by atoms with van der Waals surface area (Å²) < 4.78 is 4.93. The Kier molecular flexibility index (Phi) is 3.17. The van der Waals surface area contributed by atoms with Gasteiger partial charge in [-0.15, -0.1) is 0 Å². The zero-order valence-electron chi connectivity index (χ0n) is 9.44. The van der Waals surface area contributed by atoms with Gasteiger partial charge < -0.3 is 21.5 Å². The molecule has 0 saturated carbocycles. The molecule has 1 rings (SSSR count). The van der Waals surface area contributed by atoms with Gasteiger partial charge >= 0.3 is 0 Å². The van der Waals surface area contributed by atoms with Gasteiger partial charge in [0.1, 0.15) is 17.6 Å². The highest BCUT2D eigenvalue weighted by molar-refractivity contribution is 5.87. The minimum absolute atomic E-state index is 0.235. The van der Waals surface area contributed by atoms with Crippen molar-refractivity contribution in [2.75, 3.05) is 18.2 Å². The molecule has 0 unspecified atom stereocenters. The second kappa shape index (κ2) is 4.21. The molecule has 0 radical (unpaired) electrons. The molecule has 1 heterocycles. The van der Waals surface area contributed by atoms with Gasteiger partial charge in [-0.25, -0.2) is 4.98 Å². The van der Waals surface area contributed by atoms with E-state index >= 15 is 0 Å². The van der Waals surface area contributed by atoms with Gasteiger partial charge in [0.2, 0.25) is 11.8 Å². The van der Waals surface area contributed by atoms with Gasteiger partial charge in [-0.3, -0.25) is 4.79 Å². The summed E-state index contributed by atoms with van der Waals surface area (Å²) in [6.45, 7) is 3.26. The number of rotatable bonds is 4. The molecule has 0 atom stereocenters. The lowest BCUT2D eigenvalue weighted by molar-refractivity contribution is -0.121. The molecule has 0 bridgehead atoms. The van der Waals surface area contributed by atoms with Crippen molar-refractivity contribution in [2.24, 2.45) is 5.73 Å². The maximum atomic E-state index is 11.1. The number of methoxy groups -OCH3 is 1. The Morgan fingerprint density at radius 1 is 1.50 bits per heavy atom. The first-order valence-electron chi connectivity index (χ1n) is 4.61. The molecule has 0 aromatic carbocycles. The molecule has 1 aromatic rings. The number of nitrogen functional groups attached to an aromatic ring is 1. The Labute approximate surface area is 93.2 Å². The van der Waals surface area contributed by atoms with Crippen molar-refractivity contribution < 1.29 is 9.53 Å². The van der Waals surface area contributed by atoms with Gasteiger partial charge in [0, 0.05) is 0 Å². The Hall–Kier alpha value is -2.05. The number of carbonyl (C=O) groups excluding carboxylic acids is 1. The second-order valence-electron chi connectivity index (χ2n) is 3.76. The Bertz CT molecular complexity index is 405. The number of ether oxygens (including phenoxy) is 1. The van der Waals surface area contributed by atoms with Crippen LogP contribution in [0.1, 0.15) is 13.8 Å². The summed E-state index contributed by atoms with van der Waals surface area (Å²) >= 11 is 0. The van der Waals surface area contributed by atoms with E-state index in [-0.39, 0.29) is 11.6 Å². The molecule has 1 amide bonds. The van der Waals surface area contributed by atoms with Gasteiger partial charge in [0.25, 0.3) is 0 Å². The normalized spacial score (nSPS) is 10.9. The maximum absolute atomic E-state index is 11.1. The zero-order chi connectivity index (χ0) is 12.3. The van der Waals surface area contributed by atoms with Crippen molar-refractivity contribution >= 4 is 17.4 Å². The van der Waals surface area contributed by atoms with E-state index in [4.69, 9.17) is 16.2 Å². The molecule has 0 aliphatic rings. The average Bonchev–Trinajstić information content (AvgIpc) is 2.20. The Morgan fingerprint density at radius 3 is 2.62 bits per heavy atom. The first-order valence-corrected chi connectivity index (χ1v) is 4.61. The molecule has 0 fully saturated rings. The van der Waals surface area contributed by atoms with Crippen LogP contribution in [0.2, 0.25) is 0 Å². The van der Waals surface area contributed by atoms with Crippen molar-refractivity contribution in [3.05, 3.63) is 6.33 Å². The van der Waals surface area contributed by atoms with Crippen LogP contribution < -0.4 is 21.5 Å². The third-order valence-electron chi connectivity index (χ3n) is 2.09. The summed E-state index contributed by atoms with van der Waals surface area (Å²) in [6.07, 6.45) is 1.29. The lowest BCUT2D eigenvalue weighted by Gasteiger charge is -2.23. The molecular weight excluding hydrogens is 210 g/mol. The summed E-state index contributed by atoms with van der Waals surface area (Å²) in [5.74, 6) is 0.0536. The third-order valence-corrected chi connectivity index (χ3v) is 2.09. The van der Waals surface area contributed by atoms with Crippen LogP contribution >= 0.6 is 0 Å². The summed E-state index contributed by atoms with van der Waals surface area (Å²) in [5.41, 5.74) is 10.2. The highest BCUT2D eigenvalue weighted by Crippen LogP contribution is 2.26. The van der Waals surface area contributed by atoms with Crippen molar-refractivity contribution in [3.8, 4) is 5.88 Å². The summed E-state index contributed by atoms with van der Waals surface area (Å²) in [6, 6.07) is 0. The van der Waals surface area contributed by atoms with E-state index in [1.807, 2.05) is 0 Å². The summed E-state index contributed by atoms with van der Waals surface area (Å²) in [4.78, 5) is 18.9. The SMILES string of the molecule is COc1ncnc(NC(C)(C)C(N)=O)c1N.